The highest BCUT2D eigenvalue weighted by molar-refractivity contribution is 5.78. The number of nitrogens with one attached hydrogen (secondary N) is 2. The van der Waals surface area contributed by atoms with E-state index < -0.39 is 0 Å². The number of fused-ring (bicyclic) bond motifs is 1. The highest BCUT2D eigenvalue weighted by Crippen LogP contribution is 2.37. The minimum atomic E-state index is -0.156. The van der Waals surface area contributed by atoms with Gasteiger partial charge in [-0.25, -0.2) is 14.6 Å². The van der Waals surface area contributed by atoms with Crippen molar-refractivity contribution in [1.82, 2.24) is 44.3 Å². The van der Waals surface area contributed by atoms with Crippen LogP contribution >= 0.6 is 0 Å². The van der Waals surface area contributed by atoms with E-state index in [9.17, 15) is 4.79 Å². The lowest BCUT2D eigenvalue weighted by Gasteiger charge is -2.43. The van der Waals surface area contributed by atoms with Crippen molar-refractivity contribution in [3.05, 3.63) is 102 Å². The zero-order chi connectivity index (χ0) is 28.3. The Bertz CT molecular complexity index is 1670. The molecule has 4 heterocycles. The zero-order valence-electron chi connectivity index (χ0n) is 23.3. The fourth-order valence-electron chi connectivity index (χ4n) is 5.70. The van der Waals surface area contributed by atoms with E-state index >= 15 is 0 Å². The molecule has 41 heavy (non-hydrogen) atoms. The Morgan fingerprint density at radius 2 is 1.59 bits per heavy atom. The topological polar surface area (TPSA) is 125 Å². The number of carbonyl (C=O) groups is 1. The maximum absolute atomic E-state index is 12.7. The molecule has 0 unspecified atom stereocenters. The van der Waals surface area contributed by atoms with Gasteiger partial charge in [0.1, 0.15) is 11.2 Å². The molecule has 0 aliphatic carbocycles. The molecule has 0 saturated carbocycles. The second-order valence-electron chi connectivity index (χ2n) is 10.7. The Morgan fingerprint density at radius 1 is 0.927 bits per heavy atom. The molecule has 0 bridgehead atoms. The number of hydrogen-bond acceptors (Lipinski definition) is 7. The van der Waals surface area contributed by atoms with Crippen molar-refractivity contribution >= 4 is 17.1 Å². The first-order chi connectivity index (χ1) is 20.0. The molecule has 1 fully saturated rings. The third-order valence-electron chi connectivity index (χ3n) is 7.72. The average molecular weight is 551 g/mol. The van der Waals surface area contributed by atoms with Crippen molar-refractivity contribution in [2.45, 2.75) is 32.5 Å². The zero-order valence-corrected chi connectivity index (χ0v) is 23.3. The molecule has 5 aromatic rings. The number of imidazole rings is 1. The van der Waals surface area contributed by atoms with Crippen molar-refractivity contribution in [1.29, 1.82) is 5.41 Å². The van der Waals surface area contributed by atoms with Crippen molar-refractivity contribution < 1.29 is 4.79 Å². The summed E-state index contributed by atoms with van der Waals surface area (Å²) in [6.07, 6.45) is 5.18. The van der Waals surface area contributed by atoms with Gasteiger partial charge in [-0.05, 0) is 11.1 Å². The van der Waals surface area contributed by atoms with Crippen LogP contribution in [0.2, 0.25) is 0 Å². The summed E-state index contributed by atoms with van der Waals surface area (Å²) in [7, 11) is 0. The van der Waals surface area contributed by atoms with E-state index in [-0.39, 0.29) is 29.4 Å². The highest BCUT2D eigenvalue weighted by Gasteiger charge is 2.35. The molecule has 2 aromatic carbocycles. The Hall–Kier alpha value is -4.64. The fraction of sp³-hybridized carbons (Fsp3) is 0.333. The van der Waals surface area contributed by atoms with Crippen molar-refractivity contribution in [3.8, 4) is 0 Å². The third-order valence-corrected chi connectivity index (χ3v) is 7.72. The van der Waals surface area contributed by atoms with Gasteiger partial charge in [-0.3, -0.25) is 15.1 Å². The van der Waals surface area contributed by atoms with Crippen molar-refractivity contribution in [3.63, 3.8) is 0 Å². The summed E-state index contributed by atoms with van der Waals surface area (Å²) in [4.78, 5) is 28.7. The molecule has 1 aliphatic rings. The molecular formula is C30H34N10O. The third kappa shape index (κ3) is 5.40. The number of nitrogens with zero attached hydrogens (tertiary/aromatic N) is 8. The van der Waals surface area contributed by atoms with E-state index in [1.807, 2.05) is 46.3 Å². The summed E-state index contributed by atoms with van der Waals surface area (Å²) in [6, 6.07) is 20.7. The Morgan fingerprint density at radius 3 is 2.24 bits per heavy atom. The highest BCUT2D eigenvalue weighted by atomic mass is 16.2. The van der Waals surface area contributed by atoms with Gasteiger partial charge in [0.25, 0.3) is 0 Å². The van der Waals surface area contributed by atoms with Gasteiger partial charge in [-0.15, -0.1) is 5.10 Å². The largest absolute Gasteiger partial charge is 0.340 e. The van der Waals surface area contributed by atoms with Gasteiger partial charge in [0.2, 0.25) is 5.91 Å². The predicted molar refractivity (Wildman–Crippen MR) is 154 cm³/mol. The number of aromatic amines is 1. The van der Waals surface area contributed by atoms with Crippen LogP contribution in [0, 0.1) is 11.3 Å². The second-order valence-corrected chi connectivity index (χ2v) is 10.7. The van der Waals surface area contributed by atoms with E-state index in [1.165, 1.54) is 5.56 Å². The summed E-state index contributed by atoms with van der Waals surface area (Å²) in [5, 5.41) is 17.3. The van der Waals surface area contributed by atoms with Crippen molar-refractivity contribution in [2.75, 3.05) is 26.2 Å². The molecule has 1 aliphatic heterocycles. The van der Waals surface area contributed by atoms with E-state index in [1.54, 1.807) is 12.7 Å². The summed E-state index contributed by atoms with van der Waals surface area (Å²) >= 11 is 0. The number of piperazine rings is 1. The van der Waals surface area contributed by atoms with Crippen LogP contribution < -0.4 is 5.49 Å². The van der Waals surface area contributed by atoms with Gasteiger partial charge in [0.15, 0.2) is 11.1 Å². The minimum Gasteiger partial charge on any atom is -0.340 e. The maximum Gasteiger partial charge on any atom is 0.225 e. The second kappa shape index (κ2) is 11.5. The monoisotopic (exact) mass is 550 g/mol. The molecule has 2 atom stereocenters. The lowest BCUT2D eigenvalue weighted by molar-refractivity contribution is -0.136. The van der Waals surface area contributed by atoms with Crippen LogP contribution in [0.15, 0.2) is 79.5 Å². The van der Waals surface area contributed by atoms with Crippen LogP contribution in [0.5, 0.6) is 0 Å². The Balaban J connectivity index is 1.36. The van der Waals surface area contributed by atoms with Gasteiger partial charge in [0.05, 0.1) is 37.5 Å². The fourth-order valence-corrected chi connectivity index (χ4v) is 5.70. The molecule has 11 nitrogen and oxygen atoms in total. The van der Waals surface area contributed by atoms with Crippen LogP contribution in [-0.2, 0) is 11.3 Å². The molecule has 11 heteroatoms. The summed E-state index contributed by atoms with van der Waals surface area (Å²) < 4.78 is 3.83. The molecule has 0 spiro atoms. The summed E-state index contributed by atoms with van der Waals surface area (Å²) in [5.41, 5.74) is 4.46. The summed E-state index contributed by atoms with van der Waals surface area (Å²) in [6.45, 7) is 7.26. The molecule has 1 amide bonds. The molecule has 6 rings (SSSR count). The SMILES string of the molecule is CC(C)C(=O)N1CCN([C@@H](c2ccccc2)[C@@H](c2ccccc2)n2cc(Cn3cnc(=N)c4[nH]cnc43)nn2)CC1. The molecule has 2 N–H and O–H groups in total. The van der Waals surface area contributed by atoms with Crippen LogP contribution in [0.25, 0.3) is 11.2 Å². The van der Waals surface area contributed by atoms with Gasteiger partial charge >= 0.3 is 0 Å². The molecule has 210 valence electrons. The molecule has 1 saturated heterocycles. The Labute approximate surface area is 238 Å². The number of aromatic nitrogens is 7. The first-order valence-corrected chi connectivity index (χ1v) is 14.0. The van der Waals surface area contributed by atoms with Crippen LogP contribution in [0.4, 0.5) is 0 Å². The van der Waals surface area contributed by atoms with E-state index in [2.05, 4.69) is 78.7 Å². The van der Waals surface area contributed by atoms with Gasteiger partial charge < -0.3 is 14.5 Å². The first-order valence-electron chi connectivity index (χ1n) is 14.0. The number of rotatable bonds is 8. The minimum absolute atomic E-state index is 0.00908. The van der Waals surface area contributed by atoms with Crippen LogP contribution in [0.1, 0.15) is 42.8 Å². The smallest absolute Gasteiger partial charge is 0.225 e. The van der Waals surface area contributed by atoms with Crippen molar-refractivity contribution in [2.24, 2.45) is 5.92 Å². The van der Waals surface area contributed by atoms with E-state index in [0.29, 0.717) is 30.8 Å². The van der Waals surface area contributed by atoms with E-state index in [4.69, 9.17) is 5.41 Å². The van der Waals surface area contributed by atoms with E-state index in [0.717, 1.165) is 24.3 Å². The van der Waals surface area contributed by atoms with Gasteiger partial charge in [-0.2, -0.15) is 0 Å². The average Bonchev–Trinajstić information content (AvgIpc) is 3.69. The first kappa shape index (κ1) is 26.6. The quantitative estimate of drug-likeness (QED) is 0.306. The number of carbonyl (C=O) groups excluding carboxylic acids is 1. The number of hydrogen-bond donors (Lipinski definition) is 2. The Kier molecular flexibility index (Phi) is 7.43. The number of benzene rings is 2. The van der Waals surface area contributed by atoms with Gasteiger partial charge in [-0.1, -0.05) is 79.7 Å². The maximum atomic E-state index is 12.7. The predicted octanol–water partition coefficient (Wildman–Crippen LogP) is 3.01. The van der Waals surface area contributed by atoms with Crippen LogP contribution in [0.3, 0.4) is 0 Å². The van der Waals surface area contributed by atoms with Gasteiger partial charge in [0, 0.05) is 32.1 Å². The lowest BCUT2D eigenvalue weighted by atomic mass is 9.91. The molecular weight excluding hydrogens is 516 g/mol. The standard InChI is InChI=1S/C30H34N10O/c1-21(2)30(41)38-15-13-37(14-16-38)26(22-9-5-3-6-10-22)27(23-11-7-4-8-12-23)40-18-24(35-36-40)17-39-20-34-28(31)25-29(39)33-19-32-25/h3-12,18-21,26-27,31H,13-17H2,1-2H3,(H,32,33)/t26-,27+/m0/s1. The molecule has 0 radical (unpaired) electrons. The molecule has 3 aromatic heterocycles. The normalized spacial score (nSPS) is 15.8. The number of H-pyrrole nitrogens is 1. The lowest BCUT2D eigenvalue weighted by Crippen LogP contribution is -2.52. The summed E-state index contributed by atoms with van der Waals surface area (Å²) in [5.74, 6) is 0.197. The number of amides is 1. The van der Waals surface area contributed by atoms with Crippen LogP contribution in [-0.4, -0.2) is 76.4 Å².